The fourth-order valence-corrected chi connectivity index (χ4v) is 2.04. The molecular weight excluding hydrogens is 279 g/mol. The van der Waals surface area contributed by atoms with E-state index in [2.05, 4.69) is 4.98 Å². The molecule has 0 bridgehead atoms. The molecule has 3 nitrogen and oxygen atoms in total. The lowest BCUT2D eigenvalue weighted by Gasteiger charge is -2.25. The molecule has 0 radical (unpaired) electrons. The molecule has 2 rings (SSSR count). The summed E-state index contributed by atoms with van der Waals surface area (Å²) < 4.78 is 13.1. The first kappa shape index (κ1) is 14.5. The van der Waals surface area contributed by atoms with Crippen LogP contribution in [0.25, 0.3) is 0 Å². The first-order chi connectivity index (χ1) is 9.50. The van der Waals surface area contributed by atoms with Gasteiger partial charge in [0.2, 0.25) is 0 Å². The van der Waals surface area contributed by atoms with Crippen LogP contribution in [-0.4, -0.2) is 22.8 Å². The molecule has 0 saturated carbocycles. The predicted molar refractivity (Wildman–Crippen MR) is 76.2 cm³/mol. The van der Waals surface area contributed by atoms with E-state index < -0.39 is 5.82 Å². The van der Waals surface area contributed by atoms with E-state index >= 15 is 0 Å². The molecule has 1 amide bonds. The highest BCUT2D eigenvalue weighted by molar-refractivity contribution is 6.31. The lowest BCUT2D eigenvalue weighted by molar-refractivity contribution is 0.0742. The number of hydrogen-bond acceptors (Lipinski definition) is 2. The van der Waals surface area contributed by atoms with Crippen LogP contribution < -0.4 is 0 Å². The van der Waals surface area contributed by atoms with Gasteiger partial charge in [-0.1, -0.05) is 17.7 Å². The number of rotatable bonds is 3. The third-order valence-corrected chi connectivity index (χ3v) is 3.52. The van der Waals surface area contributed by atoms with E-state index in [1.54, 1.807) is 24.3 Å². The predicted octanol–water partition coefficient (Wildman–Crippen LogP) is 3.71. The minimum atomic E-state index is -0.536. The van der Waals surface area contributed by atoms with Crippen molar-refractivity contribution in [1.82, 2.24) is 9.88 Å². The zero-order valence-electron chi connectivity index (χ0n) is 11.2. The molecule has 0 unspecified atom stereocenters. The molecule has 1 atom stereocenters. The maximum atomic E-state index is 13.1. The van der Waals surface area contributed by atoms with Gasteiger partial charge in [0.25, 0.3) is 5.91 Å². The lowest BCUT2D eigenvalue weighted by Crippen LogP contribution is -2.29. The second-order valence-corrected chi connectivity index (χ2v) is 4.91. The summed E-state index contributed by atoms with van der Waals surface area (Å²) in [5.74, 6) is -0.755. The van der Waals surface area contributed by atoms with Gasteiger partial charge in [-0.25, -0.2) is 4.39 Å². The van der Waals surface area contributed by atoms with Crippen molar-refractivity contribution in [3.05, 3.63) is 64.7 Å². The van der Waals surface area contributed by atoms with Gasteiger partial charge in [-0.05, 0) is 36.8 Å². The lowest BCUT2D eigenvalue weighted by atomic mass is 10.1. The highest BCUT2D eigenvalue weighted by Crippen LogP contribution is 2.22. The number of aromatic nitrogens is 1. The van der Waals surface area contributed by atoms with Crippen molar-refractivity contribution in [3.8, 4) is 0 Å². The van der Waals surface area contributed by atoms with Gasteiger partial charge >= 0.3 is 0 Å². The summed E-state index contributed by atoms with van der Waals surface area (Å²) in [5, 5.41) is -0.0571. The number of carbonyl (C=O) groups is 1. The number of halogens is 2. The number of benzene rings is 1. The SMILES string of the molecule is C[C@H](c1cccnc1)N(C)C(=O)c1ccc(F)c(Cl)c1. The average molecular weight is 293 g/mol. The largest absolute Gasteiger partial charge is 0.335 e. The highest BCUT2D eigenvalue weighted by Gasteiger charge is 2.19. The molecule has 0 aliphatic carbocycles. The van der Waals surface area contributed by atoms with Gasteiger partial charge < -0.3 is 4.90 Å². The smallest absolute Gasteiger partial charge is 0.254 e. The van der Waals surface area contributed by atoms with Crippen LogP contribution in [0.5, 0.6) is 0 Å². The molecule has 0 aliphatic heterocycles. The number of carbonyl (C=O) groups excluding carboxylic acids is 1. The first-order valence-electron chi connectivity index (χ1n) is 6.13. The summed E-state index contributed by atoms with van der Waals surface area (Å²) in [6.45, 7) is 1.90. The molecule has 0 spiro atoms. The number of pyridine rings is 1. The van der Waals surface area contributed by atoms with Crippen molar-refractivity contribution in [2.75, 3.05) is 7.05 Å². The standard InChI is InChI=1S/C15H14ClFN2O/c1-10(12-4-3-7-18-9-12)19(2)15(20)11-5-6-14(17)13(16)8-11/h3-10H,1-2H3/t10-/m1/s1. The maximum absolute atomic E-state index is 13.1. The third-order valence-electron chi connectivity index (χ3n) is 3.23. The molecule has 20 heavy (non-hydrogen) atoms. The number of amides is 1. The number of nitrogens with zero attached hydrogens (tertiary/aromatic N) is 2. The first-order valence-corrected chi connectivity index (χ1v) is 6.50. The average Bonchev–Trinajstić information content (AvgIpc) is 2.48. The summed E-state index contributed by atoms with van der Waals surface area (Å²) in [4.78, 5) is 18.0. The fraction of sp³-hybridized carbons (Fsp3) is 0.200. The van der Waals surface area contributed by atoms with Crippen molar-refractivity contribution in [2.24, 2.45) is 0 Å². The van der Waals surface area contributed by atoms with E-state index in [4.69, 9.17) is 11.6 Å². The monoisotopic (exact) mass is 292 g/mol. The normalized spacial score (nSPS) is 12.0. The highest BCUT2D eigenvalue weighted by atomic mass is 35.5. The second kappa shape index (κ2) is 6.01. The van der Waals surface area contributed by atoms with E-state index in [-0.39, 0.29) is 17.0 Å². The molecule has 2 aromatic rings. The van der Waals surface area contributed by atoms with E-state index in [9.17, 15) is 9.18 Å². The van der Waals surface area contributed by atoms with Gasteiger partial charge in [0.05, 0.1) is 11.1 Å². The van der Waals surface area contributed by atoms with Crippen molar-refractivity contribution in [1.29, 1.82) is 0 Å². The quantitative estimate of drug-likeness (QED) is 0.864. The Balaban J connectivity index is 2.22. The summed E-state index contributed by atoms with van der Waals surface area (Å²) in [5.41, 5.74) is 1.28. The van der Waals surface area contributed by atoms with E-state index in [1.807, 2.05) is 19.1 Å². The van der Waals surface area contributed by atoms with Crippen LogP contribution in [0.1, 0.15) is 28.9 Å². The number of hydrogen-bond donors (Lipinski definition) is 0. The summed E-state index contributed by atoms with van der Waals surface area (Å²) in [6.07, 6.45) is 3.39. The van der Waals surface area contributed by atoms with Crippen LogP contribution in [0, 0.1) is 5.82 Å². The third kappa shape index (κ3) is 2.96. The maximum Gasteiger partial charge on any atom is 0.254 e. The Bertz CT molecular complexity index is 619. The van der Waals surface area contributed by atoms with Gasteiger partial charge in [-0.15, -0.1) is 0 Å². The summed E-state index contributed by atoms with van der Waals surface area (Å²) in [7, 11) is 1.69. The van der Waals surface area contributed by atoms with Crippen molar-refractivity contribution >= 4 is 17.5 Å². The Kier molecular flexibility index (Phi) is 4.35. The Morgan fingerprint density at radius 3 is 2.75 bits per heavy atom. The minimum Gasteiger partial charge on any atom is -0.335 e. The molecular formula is C15H14ClFN2O. The Morgan fingerprint density at radius 2 is 2.15 bits per heavy atom. The fourth-order valence-electron chi connectivity index (χ4n) is 1.86. The van der Waals surface area contributed by atoms with Gasteiger partial charge in [0.1, 0.15) is 5.82 Å². The van der Waals surface area contributed by atoms with Gasteiger partial charge in [-0.3, -0.25) is 9.78 Å². The molecule has 5 heteroatoms. The molecule has 1 aromatic heterocycles. The molecule has 1 aromatic carbocycles. The Morgan fingerprint density at radius 1 is 1.40 bits per heavy atom. The second-order valence-electron chi connectivity index (χ2n) is 4.51. The van der Waals surface area contributed by atoms with Crippen LogP contribution in [0.4, 0.5) is 4.39 Å². The van der Waals surface area contributed by atoms with Crippen LogP contribution in [0.2, 0.25) is 5.02 Å². The molecule has 1 heterocycles. The molecule has 104 valence electrons. The van der Waals surface area contributed by atoms with Crippen molar-refractivity contribution in [2.45, 2.75) is 13.0 Å². The van der Waals surface area contributed by atoms with Crippen molar-refractivity contribution < 1.29 is 9.18 Å². The van der Waals surface area contributed by atoms with Crippen LogP contribution in [0.3, 0.4) is 0 Å². The summed E-state index contributed by atoms with van der Waals surface area (Å²) >= 11 is 5.70. The molecule has 0 aliphatic rings. The molecule has 0 fully saturated rings. The van der Waals surface area contributed by atoms with Crippen molar-refractivity contribution in [3.63, 3.8) is 0 Å². The van der Waals surface area contributed by atoms with Crippen LogP contribution in [0.15, 0.2) is 42.7 Å². The van der Waals surface area contributed by atoms with Crippen LogP contribution >= 0.6 is 11.6 Å². The van der Waals surface area contributed by atoms with Gasteiger partial charge in [-0.2, -0.15) is 0 Å². The zero-order chi connectivity index (χ0) is 14.7. The van der Waals surface area contributed by atoms with Gasteiger partial charge in [0.15, 0.2) is 0 Å². The molecule has 0 N–H and O–H groups in total. The van der Waals surface area contributed by atoms with Crippen LogP contribution in [-0.2, 0) is 0 Å². The Hall–Kier alpha value is -1.94. The topological polar surface area (TPSA) is 33.2 Å². The van der Waals surface area contributed by atoms with E-state index in [0.29, 0.717) is 5.56 Å². The Labute approximate surface area is 122 Å². The minimum absolute atomic E-state index is 0.0571. The zero-order valence-corrected chi connectivity index (χ0v) is 11.9. The van der Waals surface area contributed by atoms with E-state index in [0.717, 1.165) is 5.56 Å². The summed E-state index contributed by atoms with van der Waals surface area (Å²) in [6, 6.07) is 7.54. The van der Waals surface area contributed by atoms with Gasteiger partial charge in [0, 0.05) is 25.0 Å². The van der Waals surface area contributed by atoms with E-state index in [1.165, 1.54) is 18.2 Å². The molecule has 0 saturated heterocycles.